The number of hydrogen-bond acceptors (Lipinski definition) is 3. The number of nitrogens with two attached hydrogens (primary N) is 1. The maximum Gasteiger partial charge on any atom is 0.419 e. The molecule has 0 atom stereocenters. The van der Waals surface area contributed by atoms with Crippen LogP contribution in [0.5, 0.6) is 0 Å². The van der Waals surface area contributed by atoms with E-state index in [0.29, 0.717) is 12.1 Å². The van der Waals surface area contributed by atoms with E-state index in [1.165, 1.54) is 6.20 Å². The summed E-state index contributed by atoms with van der Waals surface area (Å²) in [6.45, 7) is 0. The molecule has 1 heterocycles. The van der Waals surface area contributed by atoms with E-state index in [1.54, 1.807) is 0 Å². The fraction of sp³-hybridized carbons (Fsp3) is 0.111. The maximum absolute atomic E-state index is 13.0. The molecule has 0 saturated carbocycles. The fourth-order valence-electron chi connectivity index (χ4n) is 1.25. The van der Waals surface area contributed by atoms with Crippen LogP contribution >= 0.6 is 0 Å². The molecule has 8 heteroatoms. The zero-order chi connectivity index (χ0) is 12.6. The zero-order valence-electron chi connectivity index (χ0n) is 8.24. The van der Waals surface area contributed by atoms with Crippen LogP contribution < -0.4 is 5.73 Å². The van der Waals surface area contributed by atoms with Gasteiger partial charge in [0.1, 0.15) is 5.82 Å². The van der Waals surface area contributed by atoms with Gasteiger partial charge in [-0.1, -0.05) is 0 Å². The van der Waals surface area contributed by atoms with Crippen molar-refractivity contribution < 1.29 is 17.6 Å². The number of rotatable bonds is 1. The van der Waals surface area contributed by atoms with Gasteiger partial charge >= 0.3 is 6.18 Å². The number of nitrogen functional groups attached to an aromatic ring is 1. The lowest BCUT2D eigenvalue weighted by molar-refractivity contribution is -0.140. The van der Waals surface area contributed by atoms with Crippen LogP contribution in [0.25, 0.3) is 5.69 Å². The van der Waals surface area contributed by atoms with Crippen molar-refractivity contribution in [3.8, 4) is 5.69 Å². The van der Waals surface area contributed by atoms with Gasteiger partial charge in [-0.3, -0.25) is 0 Å². The molecule has 0 aliphatic carbocycles. The van der Waals surface area contributed by atoms with Crippen molar-refractivity contribution in [2.75, 3.05) is 5.73 Å². The van der Waals surface area contributed by atoms with Crippen LogP contribution in [-0.2, 0) is 6.18 Å². The Kier molecular flexibility index (Phi) is 2.49. The molecule has 1 aromatic heterocycles. The second-order valence-corrected chi connectivity index (χ2v) is 3.22. The van der Waals surface area contributed by atoms with Crippen molar-refractivity contribution in [3.63, 3.8) is 0 Å². The van der Waals surface area contributed by atoms with Gasteiger partial charge in [-0.2, -0.15) is 18.3 Å². The number of halogens is 4. The maximum atomic E-state index is 13.0. The largest absolute Gasteiger partial charge is 0.419 e. The van der Waals surface area contributed by atoms with Crippen molar-refractivity contribution in [1.82, 2.24) is 15.0 Å². The van der Waals surface area contributed by atoms with Crippen LogP contribution in [0, 0.1) is 5.82 Å². The quantitative estimate of drug-likeness (QED) is 0.783. The van der Waals surface area contributed by atoms with Crippen LogP contribution in [0.1, 0.15) is 5.56 Å². The van der Waals surface area contributed by atoms with Gasteiger partial charge in [0.15, 0.2) is 5.82 Å². The van der Waals surface area contributed by atoms with Gasteiger partial charge in [-0.15, -0.1) is 9.90 Å². The summed E-state index contributed by atoms with van der Waals surface area (Å²) in [4.78, 5) is 0.893. The van der Waals surface area contributed by atoms with Gasteiger partial charge in [-0.05, 0) is 18.2 Å². The molecule has 0 fully saturated rings. The third-order valence-electron chi connectivity index (χ3n) is 2.00. The molecule has 17 heavy (non-hydrogen) atoms. The molecule has 0 aliphatic rings. The Labute approximate surface area is 92.7 Å². The fourth-order valence-corrected chi connectivity index (χ4v) is 1.25. The Morgan fingerprint density at radius 3 is 2.47 bits per heavy atom. The van der Waals surface area contributed by atoms with E-state index in [4.69, 9.17) is 5.73 Å². The molecule has 0 bridgehead atoms. The van der Waals surface area contributed by atoms with Gasteiger partial charge in [0.2, 0.25) is 0 Å². The molecule has 0 radical (unpaired) electrons. The lowest BCUT2D eigenvalue weighted by Crippen LogP contribution is -2.10. The Morgan fingerprint density at radius 1 is 1.24 bits per heavy atom. The number of anilines is 1. The van der Waals surface area contributed by atoms with Crippen molar-refractivity contribution in [3.05, 3.63) is 35.8 Å². The first-order valence-corrected chi connectivity index (χ1v) is 4.43. The number of aromatic nitrogens is 3. The molecule has 0 saturated heterocycles. The normalized spacial score (nSPS) is 11.8. The van der Waals surface area contributed by atoms with Gasteiger partial charge < -0.3 is 5.73 Å². The molecule has 4 nitrogen and oxygen atoms in total. The van der Waals surface area contributed by atoms with Crippen LogP contribution in [0.3, 0.4) is 0 Å². The summed E-state index contributed by atoms with van der Waals surface area (Å²) in [5, 5.41) is 7.26. The van der Waals surface area contributed by atoms with E-state index < -0.39 is 17.6 Å². The van der Waals surface area contributed by atoms with Crippen molar-refractivity contribution in [2.24, 2.45) is 0 Å². The lowest BCUT2D eigenvalue weighted by atomic mass is 10.2. The minimum absolute atomic E-state index is 0.0181. The van der Waals surface area contributed by atoms with Gasteiger partial charge in [0.25, 0.3) is 0 Å². The highest BCUT2D eigenvalue weighted by Crippen LogP contribution is 2.32. The van der Waals surface area contributed by atoms with Gasteiger partial charge in [-0.25, -0.2) is 4.39 Å². The summed E-state index contributed by atoms with van der Waals surface area (Å²) in [6, 6.07) is 2.45. The molecule has 1 aromatic carbocycles. The number of benzene rings is 1. The van der Waals surface area contributed by atoms with E-state index >= 15 is 0 Å². The smallest absolute Gasteiger partial charge is 0.381 e. The molecule has 90 valence electrons. The van der Waals surface area contributed by atoms with Crippen molar-refractivity contribution in [1.29, 1.82) is 0 Å². The lowest BCUT2D eigenvalue weighted by Gasteiger charge is -2.09. The summed E-state index contributed by atoms with van der Waals surface area (Å²) in [5.74, 6) is -1.29. The van der Waals surface area contributed by atoms with Crippen LogP contribution in [0.2, 0.25) is 0 Å². The SMILES string of the molecule is Nc1cnn(-c2ccc(F)c(C(F)(F)F)c2)n1. The Bertz CT molecular complexity index is 546. The summed E-state index contributed by atoms with van der Waals surface area (Å²) >= 11 is 0. The Morgan fingerprint density at radius 2 is 1.94 bits per heavy atom. The number of nitrogens with zero attached hydrogens (tertiary/aromatic N) is 3. The standard InChI is InChI=1S/C9H6F4N4/c10-7-2-1-5(3-6(7)9(11,12)13)17-15-4-8(14)16-17/h1-4H,(H2,14,16). The summed E-state index contributed by atoms with van der Waals surface area (Å²) in [7, 11) is 0. The molecule has 2 N–H and O–H groups in total. The third-order valence-corrected chi connectivity index (χ3v) is 2.00. The molecule has 0 aliphatic heterocycles. The first kappa shape index (κ1) is 11.4. The first-order valence-electron chi connectivity index (χ1n) is 4.43. The topological polar surface area (TPSA) is 56.7 Å². The van der Waals surface area contributed by atoms with E-state index in [2.05, 4.69) is 10.2 Å². The second-order valence-electron chi connectivity index (χ2n) is 3.22. The molecule has 0 amide bonds. The van der Waals surface area contributed by atoms with E-state index in [0.717, 1.165) is 10.9 Å². The minimum atomic E-state index is -4.77. The third kappa shape index (κ3) is 2.19. The Balaban J connectivity index is 2.51. The highest BCUT2D eigenvalue weighted by Gasteiger charge is 2.34. The summed E-state index contributed by atoms with van der Waals surface area (Å²) in [5.41, 5.74) is 3.89. The van der Waals surface area contributed by atoms with Crippen LogP contribution in [0.4, 0.5) is 23.4 Å². The van der Waals surface area contributed by atoms with E-state index in [1.807, 2.05) is 0 Å². The zero-order valence-corrected chi connectivity index (χ0v) is 8.24. The van der Waals surface area contributed by atoms with Crippen molar-refractivity contribution in [2.45, 2.75) is 6.18 Å². The van der Waals surface area contributed by atoms with Crippen molar-refractivity contribution >= 4 is 5.82 Å². The molecule has 2 aromatic rings. The average Bonchev–Trinajstić information content (AvgIpc) is 2.64. The predicted octanol–water partition coefficient (Wildman–Crippen LogP) is 2.01. The molecular weight excluding hydrogens is 240 g/mol. The molecule has 2 rings (SSSR count). The summed E-state index contributed by atoms with van der Waals surface area (Å²) < 4.78 is 50.3. The number of hydrogen-bond donors (Lipinski definition) is 1. The first-order chi connectivity index (χ1) is 7.88. The minimum Gasteiger partial charge on any atom is -0.381 e. The monoisotopic (exact) mass is 246 g/mol. The second kappa shape index (κ2) is 3.72. The molecular formula is C9H6F4N4. The average molecular weight is 246 g/mol. The Hall–Kier alpha value is -2.12. The van der Waals surface area contributed by atoms with Gasteiger partial charge in [0, 0.05) is 0 Å². The molecule has 0 spiro atoms. The summed E-state index contributed by atoms with van der Waals surface area (Å²) in [6.07, 6.45) is -3.59. The molecule has 0 unspecified atom stereocenters. The van der Waals surface area contributed by atoms with E-state index in [-0.39, 0.29) is 11.5 Å². The van der Waals surface area contributed by atoms with E-state index in [9.17, 15) is 17.6 Å². The highest BCUT2D eigenvalue weighted by atomic mass is 19.4. The van der Waals surface area contributed by atoms with Crippen LogP contribution in [0.15, 0.2) is 24.4 Å². The van der Waals surface area contributed by atoms with Crippen LogP contribution in [-0.4, -0.2) is 15.0 Å². The highest BCUT2D eigenvalue weighted by molar-refractivity contribution is 5.37. The predicted molar refractivity (Wildman–Crippen MR) is 50.7 cm³/mol. The number of alkyl halides is 3. The van der Waals surface area contributed by atoms with Gasteiger partial charge in [0.05, 0.1) is 17.4 Å².